The lowest BCUT2D eigenvalue weighted by Crippen LogP contribution is -2.19. The first kappa shape index (κ1) is 15.4. The zero-order chi connectivity index (χ0) is 15.4. The molecule has 0 saturated heterocycles. The number of halogens is 2. The summed E-state index contributed by atoms with van der Waals surface area (Å²) in [7, 11) is 0. The van der Waals surface area contributed by atoms with Crippen LogP contribution < -0.4 is 0 Å². The minimum atomic E-state index is 0.783. The second-order valence-corrected chi connectivity index (χ2v) is 6.37. The molecule has 1 heterocycles. The molecule has 0 aromatic heterocycles. The first-order valence-corrected chi connectivity index (χ1v) is 8.77. The standard InChI is InChI=1S/C19H17BrClN/c20-12-15-3-7-17(8-4-15)18-2-1-11-22(14-18)13-16-5-9-19(21)10-6-16/h1-10,14H,11-13H2. The van der Waals surface area contributed by atoms with E-state index in [0.717, 1.165) is 23.4 Å². The van der Waals surface area contributed by atoms with Gasteiger partial charge in [-0.05, 0) is 34.4 Å². The SMILES string of the molecule is Clc1ccc(CN2C=C(c3ccc(CBr)cc3)C=CC2)cc1. The molecule has 0 N–H and O–H groups in total. The van der Waals surface area contributed by atoms with Gasteiger partial charge in [-0.15, -0.1) is 0 Å². The van der Waals surface area contributed by atoms with E-state index in [4.69, 9.17) is 11.6 Å². The smallest absolute Gasteiger partial charge is 0.0427 e. The summed E-state index contributed by atoms with van der Waals surface area (Å²) in [6.45, 7) is 1.83. The normalized spacial score (nSPS) is 14.1. The summed E-state index contributed by atoms with van der Waals surface area (Å²) in [6, 6.07) is 16.7. The minimum Gasteiger partial charge on any atom is -0.369 e. The van der Waals surface area contributed by atoms with Gasteiger partial charge in [0, 0.05) is 29.6 Å². The number of benzene rings is 2. The Bertz CT molecular complexity index is 686. The molecule has 0 spiro atoms. The molecule has 3 heteroatoms. The molecule has 2 aromatic carbocycles. The Morgan fingerprint density at radius 2 is 1.64 bits per heavy atom. The zero-order valence-electron chi connectivity index (χ0n) is 12.2. The molecule has 0 fully saturated rings. The van der Waals surface area contributed by atoms with Gasteiger partial charge < -0.3 is 4.90 Å². The summed E-state index contributed by atoms with van der Waals surface area (Å²) in [5.74, 6) is 0. The fourth-order valence-corrected chi connectivity index (χ4v) is 3.00. The highest BCUT2D eigenvalue weighted by molar-refractivity contribution is 9.08. The van der Waals surface area contributed by atoms with Gasteiger partial charge in [0.25, 0.3) is 0 Å². The van der Waals surface area contributed by atoms with Crippen LogP contribution >= 0.6 is 27.5 Å². The fraction of sp³-hybridized carbons (Fsp3) is 0.158. The van der Waals surface area contributed by atoms with Crippen molar-refractivity contribution >= 4 is 33.1 Å². The Kier molecular flexibility index (Phi) is 5.01. The van der Waals surface area contributed by atoms with Crippen molar-refractivity contribution in [3.63, 3.8) is 0 Å². The van der Waals surface area contributed by atoms with E-state index >= 15 is 0 Å². The zero-order valence-corrected chi connectivity index (χ0v) is 14.5. The topological polar surface area (TPSA) is 3.24 Å². The molecule has 0 amide bonds. The summed E-state index contributed by atoms with van der Waals surface area (Å²) < 4.78 is 0. The maximum Gasteiger partial charge on any atom is 0.0427 e. The number of nitrogens with zero attached hydrogens (tertiary/aromatic N) is 1. The first-order chi connectivity index (χ1) is 10.7. The predicted molar refractivity (Wildman–Crippen MR) is 98.1 cm³/mol. The number of hydrogen-bond donors (Lipinski definition) is 0. The van der Waals surface area contributed by atoms with Gasteiger partial charge in [-0.3, -0.25) is 0 Å². The number of hydrogen-bond acceptors (Lipinski definition) is 1. The lowest BCUT2D eigenvalue weighted by Gasteiger charge is -2.23. The van der Waals surface area contributed by atoms with Crippen molar-refractivity contribution in [2.75, 3.05) is 6.54 Å². The van der Waals surface area contributed by atoms with Crippen LogP contribution in [0.15, 0.2) is 66.9 Å². The average Bonchev–Trinajstić information content (AvgIpc) is 2.57. The third kappa shape index (κ3) is 3.82. The van der Waals surface area contributed by atoms with Crippen LogP contribution in [0.4, 0.5) is 0 Å². The van der Waals surface area contributed by atoms with Crippen LogP contribution in [-0.2, 0) is 11.9 Å². The maximum absolute atomic E-state index is 5.94. The van der Waals surface area contributed by atoms with E-state index in [1.165, 1.54) is 22.3 Å². The van der Waals surface area contributed by atoms with E-state index in [9.17, 15) is 0 Å². The molecule has 112 valence electrons. The van der Waals surface area contributed by atoms with Crippen LogP contribution in [0.5, 0.6) is 0 Å². The van der Waals surface area contributed by atoms with E-state index in [-0.39, 0.29) is 0 Å². The van der Waals surface area contributed by atoms with E-state index in [1.807, 2.05) is 12.1 Å². The van der Waals surface area contributed by atoms with Crippen molar-refractivity contribution in [1.29, 1.82) is 0 Å². The Balaban J connectivity index is 1.75. The molecule has 1 aliphatic heterocycles. The van der Waals surface area contributed by atoms with Crippen molar-refractivity contribution < 1.29 is 0 Å². The van der Waals surface area contributed by atoms with Crippen molar-refractivity contribution in [2.45, 2.75) is 11.9 Å². The molecule has 22 heavy (non-hydrogen) atoms. The lowest BCUT2D eigenvalue weighted by molar-refractivity contribution is 0.407. The molecule has 0 atom stereocenters. The van der Waals surface area contributed by atoms with Gasteiger partial charge in [-0.2, -0.15) is 0 Å². The minimum absolute atomic E-state index is 0.783. The van der Waals surface area contributed by atoms with Crippen molar-refractivity contribution in [3.05, 3.63) is 88.6 Å². The van der Waals surface area contributed by atoms with E-state index in [2.05, 4.69) is 75.6 Å². The van der Waals surface area contributed by atoms with Crippen LogP contribution in [0.25, 0.3) is 5.57 Å². The summed E-state index contributed by atoms with van der Waals surface area (Å²) in [5, 5.41) is 1.68. The van der Waals surface area contributed by atoms with Crippen molar-refractivity contribution in [2.24, 2.45) is 0 Å². The number of rotatable bonds is 4. The first-order valence-electron chi connectivity index (χ1n) is 7.27. The summed E-state index contributed by atoms with van der Waals surface area (Å²) in [6.07, 6.45) is 6.64. The van der Waals surface area contributed by atoms with E-state index < -0.39 is 0 Å². The maximum atomic E-state index is 5.94. The van der Waals surface area contributed by atoms with Gasteiger partial charge in [-0.1, -0.05) is 76.1 Å². The van der Waals surface area contributed by atoms with Crippen LogP contribution in [0.3, 0.4) is 0 Å². The monoisotopic (exact) mass is 373 g/mol. The molecular formula is C19H17BrClN. The number of allylic oxidation sites excluding steroid dienone is 2. The van der Waals surface area contributed by atoms with Gasteiger partial charge in [-0.25, -0.2) is 0 Å². The Labute approximate surface area is 145 Å². The third-order valence-corrected chi connectivity index (χ3v) is 4.60. The van der Waals surface area contributed by atoms with Crippen LogP contribution in [0, 0.1) is 0 Å². The molecule has 1 nitrogen and oxygen atoms in total. The second kappa shape index (κ2) is 7.17. The highest BCUT2D eigenvalue weighted by Gasteiger charge is 2.08. The molecule has 0 bridgehead atoms. The lowest BCUT2D eigenvalue weighted by atomic mass is 10.0. The Morgan fingerprint density at radius 1 is 0.955 bits per heavy atom. The second-order valence-electron chi connectivity index (χ2n) is 5.37. The molecule has 0 saturated carbocycles. The van der Waals surface area contributed by atoms with E-state index in [1.54, 1.807) is 0 Å². The Hall–Kier alpha value is -1.51. The van der Waals surface area contributed by atoms with Crippen molar-refractivity contribution in [3.8, 4) is 0 Å². The van der Waals surface area contributed by atoms with Crippen LogP contribution in [-0.4, -0.2) is 11.4 Å². The van der Waals surface area contributed by atoms with Crippen LogP contribution in [0.1, 0.15) is 16.7 Å². The van der Waals surface area contributed by atoms with Gasteiger partial charge in [0.1, 0.15) is 0 Å². The average molecular weight is 375 g/mol. The summed E-state index contributed by atoms with van der Waals surface area (Å²) in [5.41, 5.74) is 5.06. The highest BCUT2D eigenvalue weighted by Crippen LogP contribution is 2.22. The Morgan fingerprint density at radius 3 is 2.32 bits per heavy atom. The molecule has 0 unspecified atom stereocenters. The molecular weight excluding hydrogens is 358 g/mol. The van der Waals surface area contributed by atoms with Gasteiger partial charge in [0.2, 0.25) is 0 Å². The van der Waals surface area contributed by atoms with Gasteiger partial charge >= 0.3 is 0 Å². The molecule has 3 rings (SSSR count). The van der Waals surface area contributed by atoms with Gasteiger partial charge in [0.15, 0.2) is 0 Å². The van der Waals surface area contributed by atoms with Crippen LogP contribution in [0.2, 0.25) is 5.02 Å². The quantitative estimate of drug-likeness (QED) is 0.625. The molecule has 0 radical (unpaired) electrons. The summed E-state index contributed by atoms with van der Waals surface area (Å²) >= 11 is 9.43. The van der Waals surface area contributed by atoms with Crippen molar-refractivity contribution in [1.82, 2.24) is 4.90 Å². The largest absolute Gasteiger partial charge is 0.369 e. The third-order valence-electron chi connectivity index (χ3n) is 3.70. The highest BCUT2D eigenvalue weighted by atomic mass is 79.9. The summed E-state index contributed by atoms with van der Waals surface area (Å²) in [4.78, 5) is 2.32. The molecule has 2 aromatic rings. The number of alkyl halides is 1. The predicted octanol–water partition coefficient (Wildman–Crippen LogP) is 5.65. The van der Waals surface area contributed by atoms with E-state index in [0.29, 0.717) is 0 Å². The van der Waals surface area contributed by atoms with Gasteiger partial charge in [0.05, 0.1) is 0 Å². The molecule has 1 aliphatic rings. The fourth-order valence-electron chi connectivity index (χ4n) is 2.50. The molecule has 0 aliphatic carbocycles.